The zero-order chi connectivity index (χ0) is 15.9. The van der Waals surface area contributed by atoms with Crippen LogP contribution in [0.1, 0.15) is 25.1 Å². The largest absolute Gasteiger partial charge is 0.337 e. The van der Waals surface area contributed by atoms with Gasteiger partial charge in [0.1, 0.15) is 5.82 Å². The van der Waals surface area contributed by atoms with Crippen LogP contribution < -0.4 is 4.90 Å². The molecule has 2 aromatic heterocycles. The van der Waals surface area contributed by atoms with E-state index in [-0.39, 0.29) is 5.41 Å². The molecule has 0 N–H and O–H groups in total. The van der Waals surface area contributed by atoms with E-state index in [9.17, 15) is 4.79 Å². The van der Waals surface area contributed by atoms with Crippen molar-refractivity contribution in [1.29, 1.82) is 0 Å². The minimum Gasteiger partial charge on any atom is -0.337 e. The Bertz CT molecular complexity index is 695. The Morgan fingerprint density at radius 2 is 2.26 bits per heavy atom. The number of anilines is 1. The van der Waals surface area contributed by atoms with Crippen molar-refractivity contribution in [1.82, 2.24) is 14.5 Å². The Morgan fingerprint density at radius 1 is 1.35 bits per heavy atom. The fourth-order valence-corrected chi connectivity index (χ4v) is 4.61. The molecular formula is C17H22N4OS. The number of piperidine rings is 1. The molecule has 1 atom stereocenters. The van der Waals surface area contributed by atoms with Crippen LogP contribution in [0.3, 0.4) is 0 Å². The fraction of sp³-hybridized carbons (Fsp3) is 0.529. The van der Waals surface area contributed by atoms with E-state index in [4.69, 9.17) is 0 Å². The lowest BCUT2D eigenvalue weighted by Crippen LogP contribution is -2.47. The van der Waals surface area contributed by atoms with E-state index in [0.29, 0.717) is 5.91 Å². The average Bonchev–Trinajstić information content (AvgIpc) is 3.25. The van der Waals surface area contributed by atoms with Crippen LogP contribution in [0.15, 0.2) is 29.2 Å². The van der Waals surface area contributed by atoms with Crippen molar-refractivity contribution in [2.75, 3.05) is 24.5 Å². The maximum Gasteiger partial charge on any atom is 0.234 e. The van der Waals surface area contributed by atoms with Crippen molar-refractivity contribution < 1.29 is 4.79 Å². The Labute approximate surface area is 140 Å². The molecule has 0 saturated carbocycles. The maximum absolute atomic E-state index is 13.1. The van der Waals surface area contributed by atoms with Gasteiger partial charge in [-0.2, -0.15) is 11.3 Å². The van der Waals surface area contributed by atoms with E-state index in [1.54, 1.807) is 11.3 Å². The number of hydrogen-bond acceptors (Lipinski definition) is 4. The number of rotatable bonds is 3. The first-order valence-electron chi connectivity index (χ1n) is 8.21. The Morgan fingerprint density at radius 3 is 3.00 bits per heavy atom. The minimum atomic E-state index is -0.189. The summed E-state index contributed by atoms with van der Waals surface area (Å²) in [5, 5.41) is 4.12. The predicted molar refractivity (Wildman–Crippen MR) is 91.4 cm³/mol. The summed E-state index contributed by atoms with van der Waals surface area (Å²) in [7, 11) is 2.03. The third kappa shape index (κ3) is 2.60. The Kier molecular flexibility index (Phi) is 3.73. The molecule has 2 saturated heterocycles. The molecule has 6 heteroatoms. The number of nitrogens with zero attached hydrogens (tertiary/aromatic N) is 4. The summed E-state index contributed by atoms with van der Waals surface area (Å²) in [5.74, 6) is 1.39. The van der Waals surface area contributed by atoms with Crippen molar-refractivity contribution in [3.63, 3.8) is 0 Å². The molecule has 1 spiro atoms. The summed E-state index contributed by atoms with van der Waals surface area (Å²) >= 11 is 1.65. The normalized spacial score (nSPS) is 25.6. The molecule has 23 heavy (non-hydrogen) atoms. The minimum absolute atomic E-state index is 0.189. The molecule has 2 aromatic rings. The van der Waals surface area contributed by atoms with Crippen LogP contribution in [0.5, 0.6) is 0 Å². The van der Waals surface area contributed by atoms with Crippen molar-refractivity contribution in [2.45, 2.75) is 25.8 Å². The van der Waals surface area contributed by atoms with E-state index in [1.807, 2.05) is 29.7 Å². The van der Waals surface area contributed by atoms with Crippen molar-refractivity contribution in [2.24, 2.45) is 12.5 Å². The third-order valence-electron chi connectivity index (χ3n) is 5.27. The summed E-state index contributed by atoms with van der Waals surface area (Å²) < 4.78 is 2.06. The van der Waals surface area contributed by atoms with Crippen LogP contribution in [0, 0.1) is 5.41 Å². The van der Waals surface area contributed by atoms with Crippen LogP contribution in [-0.2, 0) is 18.4 Å². The summed E-state index contributed by atoms with van der Waals surface area (Å²) in [5.41, 5.74) is 0.879. The molecule has 0 aliphatic carbocycles. The van der Waals surface area contributed by atoms with Gasteiger partial charge >= 0.3 is 0 Å². The number of carbonyl (C=O) groups is 1. The van der Waals surface area contributed by atoms with E-state index in [0.717, 1.165) is 57.0 Å². The van der Waals surface area contributed by atoms with Gasteiger partial charge in [0, 0.05) is 37.9 Å². The van der Waals surface area contributed by atoms with Crippen molar-refractivity contribution >= 4 is 22.9 Å². The van der Waals surface area contributed by atoms with E-state index in [1.165, 1.54) is 0 Å². The summed E-state index contributed by atoms with van der Waals surface area (Å²) in [6.45, 7) is 3.60. The number of likely N-dealkylation sites (tertiary alicyclic amines) is 1. The molecule has 4 rings (SSSR count). The Hall–Kier alpha value is -1.66. The van der Waals surface area contributed by atoms with Gasteiger partial charge in [0.05, 0.1) is 17.6 Å². The van der Waals surface area contributed by atoms with Crippen molar-refractivity contribution in [3.8, 4) is 0 Å². The smallest absolute Gasteiger partial charge is 0.234 e. The highest BCUT2D eigenvalue weighted by molar-refractivity contribution is 7.08. The van der Waals surface area contributed by atoms with Gasteiger partial charge in [-0.1, -0.05) is 0 Å². The summed E-state index contributed by atoms with van der Waals surface area (Å²) in [6.07, 6.45) is 6.90. The van der Waals surface area contributed by atoms with Gasteiger partial charge in [0.2, 0.25) is 5.91 Å². The number of amides is 1. The second-order valence-electron chi connectivity index (χ2n) is 6.74. The number of carbonyl (C=O) groups excluding carboxylic acids is 1. The summed E-state index contributed by atoms with van der Waals surface area (Å²) in [4.78, 5) is 21.9. The molecule has 0 bridgehead atoms. The van der Waals surface area contributed by atoms with Crippen molar-refractivity contribution in [3.05, 3.63) is 35.0 Å². The lowest BCUT2D eigenvalue weighted by molar-refractivity contribution is -0.128. The van der Waals surface area contributed by atoms with Gasteiger partial charge in [-0.3, -0.25) is 9.69 Å². The molecule has 4 heterocycles. The molecule has 0 aromatic carbocycles. The highest BCUT2D eigenvalue weighted by Crippen LogP contribution is 2.42. The number of aryl methyl sites for hydroxylation is 1. The van der Waals surface area contributed by atoms with Gasteiger partial charge in [-0.15, -0.1) is 0 Å². The Balaban J connectivity index is 1.50. The van der Waals surface area contributed by atoms with Gasteiger partial charge in [0.25, 0.3) is 0 Å². The molecule has 1 unspecified atom stereocenters. The topological polar surface area (TPSA) is 41.4 Å². The SMILES string of the molecule is Cn1ccnc1CN1CCCC2(CCN(c3ccsc3)C2=O)C1. The van der Waals surface area contributed by atoms with Crippen LogP contribution in [0.2, 0.25) is 0 Å². The first kappa shape index (κ1) is 14.9. The highest BCUT2D eigenvalue weighted by Gasteiger charge is 2.49. The summed E-state index contributed by atoms with van der Waals surface area (Å²) in [6, 6.07) is 2.05. The van der Waals surface area contributed by atoms with Gasteiger partial charge < -0.3 is 9.47 Å². The van der Waals surface area contributed by atoms with E-state index in [2.05, 4.69) is 25.9 Å². The van der Waals surface area contributed by atoms with Crippen LogP contribution >= 0.6 is 11.3 Å². The molecule has 5 nitrogen and oxygen atoms in total. The zero-order valence-corrected chi connectivity index (χ0v) is 14.3. The first-order chi connectivity index (χ1) is 11.2. The number of hydrogen-bond donors (Lipinski definition) is 0. The molecular weight excluding hydrogens is 308 g/mol. The molecule has 122 valence electrons. The van der Waals surface area contributed by atoms with Gasteiger partial charge in [-0.05, 0) is 37.3 Å². The monoisotopic (exact) mass is 330 g/mol. The highest BCUT2D eigenvalue weighted by atomic mass is 32.1. The zero-order valence-electron chi connectivity index (χ0n) is 13.4. The third-order valence-corrected chi connectivity index (χ3v) is 5.94. The van der Waals surface area contributed by atoms with E-state index >= 15 is 0 Å². The second-order valence-corrected chi connectivity index (χ2v) is 7.52. The molecule has 1 amide bonds. The number of thiophene rings is 1. The molecule has 2 aliphatic rings. The molecule has 2 fully saturated rings. The lowest BCUT2D eigenvalue weighted by atomic mass is 9.78. The van der Waals surface area contributed by atoms with Crippen LogP contribution in [0.25, 0.3) is 0 Å². The molecule has 2 aliphatic heterocycles. The van der Waals surface area contributed by atoms with Gasteiger partial charge in [-0.25, -0.2) is 4.98 Å². The maximum atomic E-state index is 13.1. The van der Waals surface area contributed by atoms with Gasteiger partial charge in [0.15, 0.2) is 0 Å². The molecule has 0 radical (unpaired) electrons. The second kappa shape index (κ2) is 5.76. The number of aromatic nitrogens is 2. The number of imidazole rings is 1. The standard InChI is InChI=1S/C17H22N4OS/c1-19-9-6-18-15(19)11-20-7-2-4-17(13-20)5-8-21(16(17)22)14-3-10-23-12-14/h3,6,9-10,12H,2,4-5,7-8,11,13H2,1H3. The quantitative estimate of drug-likeness (QED) is 0.868. The first-order valence-corrected chi connectivity index (χ1v) is 9.15. The van der Waals surface area contributed by atoms with Crippen LogP contribution in [-0.4, -0.2) is 40.0 Å². The fourth-order valence-electron chi connectivity index (χ4n) is 3.97. The van der Waals surface area contributed by atoms with Crippen LogP contribution in [0.4, 0.5) is 5.69 Å². The average molecular weight is 330 g/mol. The van der Waals surface area contributed by atoms with E-state index < -0.39 is 0 Å². The predicted octanol–water partition coefficient (Wildman–Crippen LogP) is 2.50. The lowest BCUT2D eigenvalue weighted by Gasteiger charge is -2.38.